The Morgan fingerprint density at radius 2 is 1.96 bits per heavy atom. The largest absolute Gasteiger partial charge is 0.383 e. The molecule has 1 amide bonds. The molecule has 1 aromatic rings. The van der Waals surface area contributed by atoms with Gasteiger partial charge in [0.15, 0.2) is 0 Å². The molecule has 0 radical (unpaired) electrons. The van der Waals surface area contributed by atoms with Crippen molar-refractivity contribution < 1.29 is 14.3 Å². The summed E-state index contributed by atoms with van der Waals surface area (Å²) in [4.78, 5) is 25.0. The number of hydrogen-bond acceptors (Lipinski definition) is 6. The van der Waals surface area contributed by atoms with Crippen LogP contribution in [0.15, 0.2) is 18.5 Å². The van der Waals surface area contributed by atoms with E-state index in [1.165, 1.54) is 0 Å². The van der Waals surface area contributed by atoms with Gasteiger partial charge in [-0.15, -0.1) is 0 Å². The van der Waals surface area contributed by atoms with Gasteiger partial charge in [0.05, 0.1) is 12.6 Å². The van der Waals surface area contributed by atoms with Crippen LogP contribution in [0, 0.1) is 5.41 Å². The fourth-order valence-electron chi connectivity index (χ4n) is 3.99. The SMILES string of the molecule is COCC(=O)N1CCC2(CC1)CC(COC)N(c1ncccn1)C2. The first kappa shape index (κ1) is 17.1. The van der Waals surface area contributed by atoms with E-state index in [2.05, 4.69) is 14.9 Å². The van der Waals surface area contributed by atoms with E-state index in [0.717, 1.165) is 44.8 Å². The predicted octanol–water partition coefficient (Wildman–Crippen LogP) is 0.957. The van der Waals surface area contributed by atoms with E-state index in [1.807, 2.05) is 11.0 Å². The van der Waals surface area contributed by atoms with Gasteiger partial charge in [0.1, 0.15) is 6.61 Å². The van der Waals surface area contributed by atoms with Crippen LogP contribution >= 0.6 is 0 Å². The van der Waals surface area contributed by atoms with Crippen LogP contribution in [-0.2, 0) is 14.3 Å². The minimum Gasteiger partial charge on any atom is -0.383 e. The van der Waals surface area contributed by atoms with Crippen molar-refractivity contribution in [2.45, 2.75) is 25.3 Å². The normalized spacial score (nSPS) is 23.0. The Labute approximate surface area is 143 Å². The van der Waals surface area contributed by atoms with Crippen LogP contribution in [-0.4, -0.2) is 73.9 Å². The molecule has 0 N–H and O–H groups in total. The number of ether oxygens (including phenoxy) is 2. The smallest absolute Gasteiger partial charge is 0.248 e. The van der Waals surface area contributed by atoms with Gasteiger partial charge >= 0.3 is 0 Å². The van der Waals surface area contributed by atoms with E-state index >= 15 is 0 Å². The highest BCUT2D eigenvalue weighted by atomic mass is 16.5. The van der Waals surface area contributed by atoms with Crippen molar-refractivity contribution >= 4 is 11.9 Å². The molecule has 7 heteroatoms. The first-order valence-electron chi connectivity index (χ1n) is 8.47. The summed E-state index contributed by atoms with van der Waals surface area (Å²) < 4.78 is 10.4. The number of carbonyl (C=O) groups is 1. The molecule has 1 aromatic heterocycles. The van der Waals surface area contributed by atoms with Crippen LogP contribution in [0.1, 0.15) is 19.3 Å². The van der Waals surface area contributed by atoms with Crippen molar-refractivity contribution in [1.29, 1.82) is 0 Å². The Kier molecular flexibility index (Phi) is 5.30. The Balaban J connectivity index is 1.68. The Morgan fingerprint density at radius 1 is 1.25 bits per heavy atom. The van der Waals surface area contributed by atoms with Crippen LogP contribution in [0.2, 0.25) is 0 Å². The second kappa shape index (κ2) is 7.44. The first-order chi connectivity index (χ1) is 11.7. The number of carbonyl (C=O) groups excluding carboxylic acids is 1. The van der Waals surface area contributed by atoms with E-state index in [4.69, 9.17) is 9.47 Å². The molecule has 2 saturated heterocycles. The number of aromatic nitrogens is 2. The van der Waals surface area contributed by atoms with Gasteiger partial charge in [0.2, 0.25) is 11.9 Å². The molecule has 2 aliphatic heterocycles. The molecule has 0 bridgehead atoms. The molecular weight excluding hydrogens is 308 g/mol. The maximum absolute atomic E-state index is 12.0. The Morgan fingerprint density at radius 3 is 2.58 bits per heavy atom. The molecule has 1 spiro atoms. The lowest BCUT2D eigenvalue weighted by Crippen LogP contribution is -2.45. The quantitative estimate of drug-likeness (QED) is 0.799. The summed E-state index contributed by atoms with van der Waals surface area (Å²) in [6, 6.07) is 2.12. The fraction of sp³-hybridized carbons (Fsp3) is 0.706. The lowest BCUT2D eigenvalue weighted by atomic mass is 9.76. The zero-order chi connectivity index (χ0) is 17.0. The third kappa shape index (κ3) is 3.52. The predicted molar refractivity (Wildman–Crippen MR) is 89.8 cm³/mol. The van der Waals surface area contributed by atoms with Crippen LogP contribution < -0.4 is 4.90 Å². The van der Waals surface area contributed by atoms with Crippen molar-refractivity contribution in [3.63, 3.8) is 0 Å². The number of nitrogens with zero attached hydrogens (tertiary/aromatic N) is 4. The van der Waals surface area contributed by atoms with Crippen LogP contribution in [0.3, 0.4) is 0 Å². The lowest BCUT2D eigenvalue weighted by Gasteiger charge is -2.39. The zero-order valence-electron chi connectivity index (χ0n) is 14.5. The lowest BCUT2D eigenvalue weighted by molar-refractivity contribution is -0.137. The molecular formula is C17H26N4O3. The third-order valence-electron chi connectivity index (χ3n) is 5.23. The highest BCUT2D eigenvalue weighted by Gasteiger charge is 2.46. The number of amides is 1. The van der Waals surface area contributed by atoms with Crippen molar-refractivity contribution in [2.24, 2.45) is 5.41 Å². The number of rotatable bonds is 5. The van der Waals surface area contributed by atoms with Crippen LogP contribution in [0.4, 0.5) is 5.95 Å². The van der Waals surface area contributed by atoms with Gasteiger partial charge in [-0.1, -0.05) is 0 Å². The molecule has 3 rings (SSSR count). The summed E-state index contributed by atoms with van der Waals surface area (Å²) in [5, 5.41) is 0. The molecule has 2 fully saturated rings. The van der Waals surface area contributed by atoms with E-state index in [0.29, 0.717) is 12.6 Å². The minimum absolute atomic E-state index is 0.0852. The third-order valence-corrected chi connectivity index (χ3v) is 5.23. The summed E-state index contributed by atoms with van der Waals surface area (Å²) >= 11 is 0. The molecule has 0 aromatic carbocycles. The molecule has 1 unspecified atom stereocenters. The number of hydrogen-bond donors (Lipinski definition) is 0. The first-order valence-corrected chi connectivity index (χ1v) is 8.47. The van der Waals surface area contributed by atoms with Crippen molar-refractivity contribution in [3.05, 3.63) is 18.5 Å². The molecule has 2 aliphatic rings. The van der Waals surface area contributed by atoms with E-state index in [-0.39, 0.29) is 17.9 Å². The monoisotopic (exact) mass is 334 g/mol. The topological polar surface area (TPSA) is 67.8 Å². The van der Waals surface area contributed by atoms with Gasteiger partial charge in [0, 0.05) is 46.2 Å². The number of anilines is 1. The highest BCUT2D eigenvalue weighted by Crippen LogP contribution is 2.44. The molecule has 0 saturated carbocycles. The van der Waals surface area contributed by atoms with Gasteiger partial charge in [-0.2, -0.15) is 0 Å². The molecule has 0 aliphatic carbocycles. The molecule has 7 nitrogen and oxygen atoms in total. The number of methoxy groups -OCH3 is 2. The van der Waals surface area contributed by atoms with Crippen LogP contribution in [0.25, 0.3) is 0 Å². The second-order valence-electron chi connectivity index (χ2n) is 6.80. The van der Waals surface area contributed by atoms with E-state index in [1.54, 1.807) is 26.6 Å². The van der Waals surface area contributed by atoms with Gasteiger partial charge < -0.3 is 19.3 Å². The second-order valence-corrected chi connectivity index (χ2v) is 6.80. The number of likely N-dealkylation sites (tertiary alicyclic amines) is 1. The summed E-state index contributed by atoms with van der Waals surface area (Å²) in [6.45, 7) is 3.36. The maximum Gasteiger partial charge on any atom is 0.248 e. The van der Waals surface area contributed by atoms with Gasteiger partial charge in [-0.3, -0.25) is 4.79 Å². The average Bonchev–Trinajstić information content (AvgIpc) is 2.95. The summed E-state index contributed by atoms with van der Waals surface area (Å²) in [5.74, 6) is 0.858. The minimum atomic E-state index is 0.0852. The van der Waals surface area contributed by atoms with E-state index < -0.39 is 0 Å². The average molecular weight is 334 g/mol. The molecule has 132 valence electrons. The number of piperidine rings is 1. The van der Waals surface area contributed by atoms with Crippen molar-refractivity contribution in [1.82, 2.24) is 14.9 Å². The van der Waals surface area contributed by atoms with Gasteiger partial charge in [-0.05, 0) is 30.7 Å². The summed E-state index contributed by atoms with van der Waals surface area (Å²) in [5.41, 5.74) is 0.215. The highest BCUT2D eigenvalue weighted by molar-refractivity contribution is 5.77. The van der Waals surface area contributed by atoms with Crippen molar-refractivity contribution in [2.75, 3.05) is 52.0 Å². The summed E-state index contributed by atoms with van der Waals surface area (Å²) in [7, 11) is 3.30. The van der Waals surface area contributed by atoms with Crippen molar-refractivity contribution in [3.8, 4) is 0 Å². The Hall–Kier alpha value is -1.73. The standard InChI is InChI=1S/C17H26N4O3/c1-23-11-14-10-17(13-21(14)16-18-6-3-7-19-16)4-8-20(9-5-17)15(22)12-24-2/h3,6-7,14H,4-5,8-13H2,1-2H3. The molecule has 24 heavy (non-hydrogen) atoms. The van der Waals surface area contributed by atoms with Gasteiger partial charge in [0.25, 0.3) is 0 Å². The molecule has 3 heterocycles. The van der Waals surface area contributed by atoms with Gasteiger partial charge in [-0.25, -0.2) is 9.97 Å². The zero-order valence-corrected chi connectivity index (χ0v) is 14.5. The fourth-order valence-corrected chi connectivity index (χ4v) is 3.99. The Bertz CT molecular complexity index is 546. The molecule has 1 atom stereocenters. The van der Waals surface area contributed by atoms with E-state index in [9.17, 15) is 4.79 Å². The van der Waals surface area contributed by atoms with Crippen LogP contribution in [0.5, 0.6) is 0 Å². The maximum atomic E-state index is 12.0. The summed E-state index contributed by atoms with van der Waals surface area (Å²) in [6.07, 6.45) is 6.63.